The van der Waals surface area contributed by atoms with Crippen LogP contribution in [-0.4, -0.2) is 23.1 Å². The molecule has 0 atom stereocenters. The zero-order chi connectivity index (χ0) is 9.64. The summed E-state index contributed by atoms with van der Waals surface area (Å²) in [6, 6.07) is 2.37. The van der Waals surface area contributed by atoms with Gasteiger partial charge < -0.3 is 4.57 Å². The van der Waals surface area contributed by atoms with E-state index in [-0.39, 0.29) is 0 Å². The Hall–Kier alpha value is -0.0800. The van der Waals surface area contributed by atoms with Gasteiger partial charge in [-0.2, -0.15) is 5.10 Å². The van der Waals surface area contributed by atoms with Gasteiger partial charge >= 0.3 is 0 Å². The highest BCUT2D eigenvalue weighted by atomic mass is 79.9. The van der Waals surface area contributed by atoms with Crippen molar-refractivity contribution >= 4 is 28.5 Å². The van der Waals surface area contributed by atoms with E-state index in [2.05, 4.69) is 21.0 Å². The van der Waals surface area contributed by atoms with E-state index in [4.69, 9.17) is 0 Å². The minimum absolute atomic E-state index is 0.495. The standard InChI is InChI=1S/C8H12BrN2OP/c1-13(2,12)8-5-7(9)10-11(8)6-3-4-6/h5-6H,3-4H2,1-2H3. The lowest BCUT2D eigenvalue weighted by Gasteiger charge is -2.08. The fourth-order valence-corrected chi connectivity index (χ4v) is 3.04. The molecular formula is C8H12BrN2OP. The number of hydrogen-bond donors (Lipinski definition) is 0. The van der Waals surface area contributed by atoms with Gasteiger partial charge in [0.15, 0.2) is 0 Å². The van der Waals surface area contributed by atoms with Crippen LogP contribution >= 0.6 is 23.1 Å². The average Bonchev–Trinajstić information content (AvgIpc) is 2.73. The monoisotopic (exact) mass is 262 g/mol. The molecule has 1 heterocycles. The summed E-state index contributed by atoms with van der Waals surface area (Å²) in [4.78, 5) is 0. The third-order valence-corrected chi connectivity index (χ3v) is 3.96. The number of aromatic nitrogens is 2. The number of rotatable bonds is 2. The molecule has 0 aliphatic heterocycles. The highest BCUT2D eigenvalue weighted by Crippen LogP contribution is 2.41. The highest BCUT2D eigenvalue weighted by molar-refractivity contribution is 9.10. The van der Waals surface area contributed by atoms with Gasteiger partial charge in [-0.25, -0.2) is 0 Å². The van der Waals surface area contributed by atoms with Crippen LogP contribution in [0.3, 0.4) is 0 Å². The van der Waals surface area contributed by atoms with Gasteiger partial charge in [-0.3, -0.25) is 4.68 Å². The minimum Gasteiger partial charge on any atom is -0.318 e. The van der Waals surface area contributed by atoms with E-state index in [1.54, 1.807) is 13.3 Å². The van der Waals surface area contributed by atoms with Crippen molar-refractivity contribution in [2.24, 2.45) is 0 Å². The van der Waals surface area contributed by atoms with Gasteiger partial charge in [-0.05, 0) is 42.1 Å². The fourth-order valence-electron chi connectivity index (χ4n) is 1.35. The molecule has 0 aromatic carbocycles. The molecule has 2 rings (SSSR count). The predicted octanol–water partition coefficient (Wildman–Crippen LogP) is 2.23. The molecule has 0 N–H and O–H groups in total. The van der Waals surface area contributed by atoms with E-state index >= 15 is 0 Å². The molecule has 1 aliphatic carbocycles. The van der Waals surface area contributed by atoms with Gasteiger partial charge in [0.25, 0.3) is 0 Å². The van der Waals surface area contributed by atoms with Crippen LogP contribution in [0.15, 0.2) is 10.7 Å². The highest BCUT2D eigenvalue weighted by Gasteiger charge is 2.30. The van der Waals surface area contributed by atoms with E-state index in [0.29, 0.717) is 6.04 Å². The number of nitrogens with zero attached hydrogens (tertiary/aromatic N) is 2. The maximum absolute atomic E-state index is 11.9. The first-order chi connectivity index (χ1) is 5.98. The van der Waals surface area contributed by atoms with Crippen molar-refractivity contribution in [1.82, 2.24) is 9.78 Å². The van der Waals surface area contributed by atoms with Crippen molar-refractivity contribution in [2.75, 3.05) is 13.3 Å². The third kappa shape index (κ3) is 1.89. The van der Waals surface area contributed by atoms with Gasteiger partial charge in [0.2, 0.25) is 0 Å². The van der Waals surface area contributed by atoms with Crippen LogP contribution in [0.25, 0.3) is 0 Å². The van der Waals surface area contributed by atoms with E-state index in [1.807, 2.05) is 10.7 Å². The lowest BCUT2D eigenvalue weighted by Crippen LogP contribution is -2.16. The summed E-state index contributed by atoms with van der Waals surface area (Å²) in [5, 5.41) is 4.30. The zero-order valence-electron chi connectivity index (χ0n) is 7.70. The van der Waals surface area contributed by atoms with Gasteiger partial charge in [-0.15, -0.1) is 0 Å². The van der Waals surface area contributed by atoms with Crippen LogP contribution in [-0.2, 0) is 4.57 Å². The number of hydrogen-bond acceptors (Lipinski definition) is 2. The maximum Gasteiger partial charge on any atom is 0.128 e. The Bertz CT molecular complexity index is 377. The first-order valence-corrected chi connectivity index (χ1v) is 7.68. The van der Waals surface area contributed by atoms with Gasteiger partial charge in [0.05, 0.1) is 11.5 Å². The predicted molar refractivity (Wildman–Crippen MR) is 57.3 cm³/mol. The Morgan fingerprint density at radius 3 is 2.69 bits per heavy atom. The summed E-state index contributed by atoms with van der Waals surface area (Å²) >= 11 is 3.32. The molecule has 0 amide bonds. The smallest absolute Gasteiger partial charge is 0.128 e. The summed E-state index contributed by atoms with van der Waals surface area (Å²) in [6.45, 7) is 3.57. The Kier molecular flexibility index (Phi) is 2.16. The van der Waals surface area contributed by atoms with Crippen molar-refractivity contribution in [3.8, 4) is 0 Å². The molecule has 0 bridgehead atoms. The molecule has 3 nitrogen and oxygen atoms in total. The molecule has 1 aromatic rings. The molecule has 0 radical (unpaired) electrons. The fraction of sp³-hybridized carbons (Fsp3) is 0.625. The normalized spacial score (nSPS) is 17.8. The summed E-state index contributed by atoms with van der Waals surface area (Å²) < 4.78 is 14.6. The van der Waals surface area contributed by atoms with Crippen molar-refractivity contribution in [3.05, 3.63) is 10.7 Å². The zero-order valence-corrected chi connectivity index (χ0v) is 10.2. The molecule has 0 unspecified atom stereocenters. The molecule has 72 valence electrons. The summed E-state index contributed by atoms with van der Waals surface area (Å²) in [5.41, 5.74) is 0.891. The van der Waals surface area contributed by atoms with Crippen molar-refractivity contribution in [2.45, 2.75) is 18.9 Å². The van der Waals surface area contributed by atoms with Gasteiger partial charge in [0, 0.05) is 6.07 Å². The molecule has 13 heavy (non-hydrogen) atoms. The average molecular weight is 263 g/mol. The largest absolute Gasteiger partial charge is 0.318 e. The van der Waals surface area contributed by atoms with E-state index in [0.717, 1.165) is 10.0 Å². The Morgan fingerprint density at radius 1 is 1.62 bits per heavy atom. The van der Waals surface area contributed by atoms with Crippen molar-refractivity contribution in [1.29, 1.82) is 0 Å². The second kappa shape index (κ2) is 2.96. The van der Waals surface area contributed by atoms with E-state index in [1.165, 1.54) is 12.8 Å². The Balaban J connectivity index is 2.48. The van der Waals surface area contributed by atoms with Crippen LogP contribution in [0.5, 0.6) is 0 Å². The van der Waals surface area contributed by atoms with Gasteiger partial charge in [0.1, 0.15) is 11.7 Å². The first kappa shape index (κ1) is 9.47. The molecule has 0 spiro atoms. The SMILES string of the molecule is CP(C)(=O)c1cc(Br)nn1C1CC1. The summed E-state index contributed by atoms with van der Waals surface area (Å²) in [7, 11) is -2.18. The topological polar surface area (TPSA) is 34.9 Å². The first-order valence-electron chi connectivity index (χ1n) is 4.29. The van der Waals surface area contributed by atoms with E-state index < -0.39 is 7.14 Å². The molecular weight excluding hydrogens is 251 g/mol. The van der Waals surface area contributed by atoms with E-state index in [9.17, 15) is 4.57 Å². The minimum atomic E-state index is -2.18. The molecule has 1 fully saturated rings. The van der Waals surface area contributed by atoms with Crippen LogP contribution in [0.2, 0.25) is 0 Å². The van der Waals surface area contributed by atoms with Crippen LogP contribution in [0.1, 0.15) is 18.9 Å². The summed E-state index contributed by atoms with van der Waals surface area (Å²) in [5.74, 6) is 0. The maximum atomic E-state index is 11.9. The molecule has 1 aromatic heterocycles. The van der Waals surface area contributed by atoms with Crippen LogP contribution in [0.4, 0.5) is 0 Å². The number of halogens is 1. The lowest BCUT2D eigenvalue weighted by atomic mass is 10.7. The molecule has 1 aliphatic rings. The second-order valence-electron chi connectivity index (χ2n) is 3.85. The molecule has 1 saturated carbocycles. The summed E-state index contributed by atoms with van der Waals surface area (Å²) in [6.07, 6.45) is 2.34. The third-order valence-electron chi connectivity index (χ3n) is 2.13. The Morgan fingerprint density at radius 2 is 2.23 bits per heavy atom. The van der Waals surface area contributed by atoms with Gasteiger partial charge in [-0.1, -0.05) is 0 Å². The van der Waals surface area contributed by atoms with Crippen LogP contribution < -0.4 is 5.44 Å². The van der Waals surface area contributed by atoms with Crippen LogP contribution in [0, 0.1) is 0 Å². The van der Waals surface area contributed by atoms with Crippen molar-refractivity contribution < 1.29 is 4.57 Å². The van der Waals surface area contributed by atoms with Crippen molar-refractivity contribution in [3.63, 3.8) is 0 Å². The quantitative estimate of drug-likeness (QED) is 0.767. The molecule has 0 saturated heterocycles. The Labute approximate surface area is 86.0 Å². The lowest BCUT2D eigenvalue weighted by molar-refractivity contribution is 0.582. The second-order valence-corrected chi connectivity index (χ2v) is 7.82. The molecule has 5 heteroatoms.